The minimum Gasteiger partial charge on any atom is -0.346 e. The van der Waals surface area contributed by atoms with E-state index in [0.717, 1.165) is 25.7 Å². The van der Waals surface area contributed by atoms with E-state index in [4.69, 9.17) is 18.1 Å². The average Bonchev–Trinajstić information content (AvgIpc) is 3.08. The highest BCUT2D eigenvalue weighted by Gasteiger charge is 2.68. The maximum absolute atomic E-state index is 13.1. The Morgan fingerprint density at radius 3 is 1.75 bits per heavy atom. The van der Waals surface area contributed by atoms with Crippen molar-refractivity contribution >= 4 is 23.2 Å². The zero-order chi connectivity index (χ0) is 14.6. The maximum atomic E-state index is 13.1. The predicted molar refractivity (Wildman–Crippen MR) is 82.6 cm³/mol. The van der Waals surface area contributed by atoms with Crippen LogP contribution in [0.4, 0.5) is 0 Å². The first-order chi connectivity index (χ1) is 9.36. The number of nitrogens with one attached hydrogen (secondary N) is 1. The summed E-state index contributed by atoms with van der Waals surface area (Å²) >= 11 is 5.31. The Labute approximate surface area is 126 Å². The molecule has 2 saturated carbocycles. The molecule has 0 aromatic heterocycles. The third-order valence-electron chi connectivity index (χ3n) is 6.28. The maximum Gasteiger partial charge on any atom is 0.269 e. The summed E-state index contributed by atoms with van der Waals surface area (Å²) in [5.41, 5.74) is -0.679. The number of carbonyl (C=O) groups is 1. The van der Waals surface area contributed by atoms with E-state index in [1.54, 1.807) is 0 Å². The summed E-state index contributed by atoms with van der Waals surface area (Å²) in [5, 5.41) is 5.00. The van der Waals surface area contributed by atoms with Crippen LogP contribution in [0, 0.1) is 10.8 Å². The van der Waals surface area contributed by atoms with Crippen LogP contribution in [0.2, 0.25) is 0 Å². The molecule has 1 saturated heterocycles. The summed E-state index contributed by atoms with van der Waals surface area (Å²) in [6.07, 6.45) is 9.10. The summed E-state index contributed by atoms with van der Waals surface area (Å²) in [6.45, 7) is 4.52. The largest absolute Gasteiger partial charge is 0.346 e. The molecule has 3 N–H and O–H groups in total. The van der Waals surface area contributed by atoms with Gasteiger partial charge < -0.3 is 5.32 Å². The van der Waals surface area contributed by atoms with Crippen molar-refractivity contribution in [2.24, 2.45) is 16.7 Å². The van der Waals surface area contributed by atoms with Crippen molar-refractivity contribution in [2.75, 3.05) is 0 Å². The quantitative estimate of drug-likeness (QED) is 0.467. The Hall–Kier alpha value is -0.680. The van der Waals surface area contributed by atoms with Crippen LogP contribution < -0.4 is 11.2 Å². The highest BCUT2D eigenvalue weighted by atomic mass is 32.1. The summed E-state index contributed by atoms with van der Waals surface area (Å²) < 4.78 is 0. The first-order valence-corrected chi connectivity index (χ1v) is 8.19. The fourth-order valence-electron chi connectivity index (χ4n) is 5.15. The van der Waals surface area contributed by atoms with Crippen LogP contribution in [0.15, 0.2) is 0 Å². The molecule has 0 atom stereocenters. The molecule has 112 valence electrons. The van der Waals surface area contributed by atoms with Gasteiger partial charge in [0.05, 0.1) is 0 Å². The number of hydrazine groups is 1. The van der Waals surface area contributed by atoms with Gasteiger partial charge in [-0.15, -0.1) is 0 Å². The van der Waals surface area contributed by atoms with Crippen molar-refractivity contribution in [3.8, 4) is 0 Å². The van der Waals surface area contributed by atoms with Gasteiger partial charge in [-0.1, -0.05) is 39.5 Å². The van der Waals surface area contributed by atoms with Gasteiger partial charge in [-0.05, 0) is 37.9 Å². The fraction of sp³-hybridized carbons (Fsp3) is 0.867. The molecular weight excluding hydrogens is 270 g/mol. The number of carbonyl (C=O) groups excluding carboxylic acids is 1. The van der Waals surface area contributed by atoms with E-state index in [9.17, 15) is 4.79 Å². The van der Waals surface area contributed by atoms with Gasteiger partial charge in [0.15, 0.2) is 5.11 Å². The number of amides is 1. The van der Waals surface area contributed by atoms with Gasteiger partial charge in [-0.3, -0.25) is 4.79 Å². The fourth-order valence-corrected chi connectivity index (χ4v) is 5.39. The lowest BCUT2D eigenvalue weighted by molar-refractivity contribution is -0.144. The van der Waals surface area contributed by atoms with E-state index in [1.165, 1.54) is 30.7 Å². The molecule has 0 bridgehead atoms. The number of hydrogen-bond donors (Lipinski definition) is 2. The smallest absolute Gasteiger partial charge is 0.269 e. The molecule has 4 nitrogen and oxygen atoms in total. The van der Waals surface area contributed by atoms with Gasteiger partial charge in [0.2, 0.25) is 0 Å². The van der Waals surface area contributed by atoms with E-state index in [2.05, 4.69) is 19.2 Å². The summed E-state index contributed by atoms with van der Waals surface area (Å²) in [5.74, 6) is 5.93. The van der Waals surface area contributed by atoms with Crippen molar-refractivity contribution in [1.29, 1.82) is 0 Å². The molecule has 0 aromatic carbocycles. The molecule has 3 rings (SSSR count). The summed E-state index contributed by atoms with van der Waals surface area (Å²) in [7, 11) is 0. The Bertz CT molecular complexity index is 428. The Morgan fingerprint density at radius 2 is 1.45 bits per heavy atom. The topological polar surface area (TPSA) is 58.4 Å². The molecule has 0 spiro atoms. The monoisotopic (exact) mass is 295 g/mol. The van der Waals surface area contributed by atoms with Crippen molar-refractivity contribution in [1.82, 2.24) is 10.3 Å². The second-order valence-corrected chi connectivity index (χ2v) is 7.78. The van der Waals surface area contributed by atoms with Crippen molar-refractivity contribution < 1.29 is 4.79 Å². The standard InChI is InChI=1S/C15H25N3OS/c1-13(7-3-4-8-13)15(14(2)9-5-6-10-14)11(19)18(16)12(20)17-15/h3-10,16H2,1-2H3,(H,17,20). The number of rotatable bonds is 2. The van der Waals surface area contributed by atoms with Crippen LogP contribution in [0.3, 0.4) is 0 Å². The van der Waals surface area contributed by atoms with Gasteiger partial charge >= 0.3 is 0 Å². The molecule has 1 heterocycles. The van der Waals surface area contributed by atoms with E-state index >= 15 is 0 Å². The zero-order valence-electron chi connectivity index (χ0n) is 12.5. The third-order valence-corrected chi connectivity index (χ3v) is 6.58. The van der Waals surface area contributed by atoms with E-state index < -0.39 is 5.54 Å². The van der Waals surface area contributed by atoms with Crippen LogP contribution in [0.1, 0.15) is 65.2 Å². The molecule has 3 fully saturated rings. The minimum absolute atomic E-state index is 0.00343. The number of hydrogen-bond acceptors (Lipinski definition) is 3. The van der Waals surface area contributed by atoms with Gasteiger partial charge in [-0.2, -0.15) is 0 Å². The molecule has 0 radical (unpaired) electrons. The molecule has 1 amide bonds. The first kappa shape index (κ1) is 14.3. The molecule has 3 aliphatic rings. The number of nitrogens with zero attached hydrogens (tertiary/aromatic N) is 1. The van der Waals surface area contributed by atoms with Gasteiger partial charge in [0.1, 0.15) is 5.54 Å². The van der Waals surface area contributed by atoms with Crippen LogP contribution in [0.25, 0.3) is 0 Å². The first-order valence-electron chi connectivity index (χ1n) is 7.78. The summed E-state index contributed by atoms with van der Waals surface area (Å²) in [6, 6.07) is 0. The van der Waals surface area contributed by atoms with E-state index in [-0.39, 0.29) is 16.7 Å². The second kappa shape index (κ2) is 4.41. The van der Waals surface area contributed by atoms with Crippen molar-refractivity contribution in [3.63, 3.8) is 0 Å². The number of nitrogens with two attached hydrogens (primary N) is 1. The third kappa shape index (κ3) is 1.56. The van der Waals surface area contributed by atoms with Crippen LogP contribution in [-0.4, -0.2) is 21.6 Å². The molecule has 0 aromatic rings. The predicted octanol–water partition coefficient (Wildman–Crippen LogP) is 2.48. The van der Waals surface area contributed by atoms with Gasteiger partial charge in [0, 0.05) is 10.8 Å². The lowest BCUT2D eigenvalue weighted by Crippen LogP contribution is -2.67. The second-order valence-electron chi connectivity index (χ2n) is 7.39. The Morgan fingerprint density at radius 1 is 1.05 bits per heavy atom. The molecule has 20 heavy (non-hydrogen) atoms. The molecule has 5 heteroatoms. The van der Waals surface area contributed by atoms with Crippen LogP contribution >= 0.6 is 12.2 Å². The number of thiocarbonyl (C=S) groups is 1. The summed E-state index contributed by atoms with van der Waals surface area (Å²) in [4.78, 5) is 13.1. The minimum atomic E-state index is -0.598. The van der Waals surface area contributed by atoms with Crippen LogP contribution in [-0.2, 0) is 4.79 Å². The highest BCUT2D eigenvalue weighted by molar-refractivity contribution is 7.80. The molecular formula is C15H25N3OS. The van der Waals surface area contributed by atoms with Gasteiger partial charge in [0.25, 0.3) is 5.91 Å². The van der Waals surface area contributed by atoms with Crippen molar-refractivity contribution in [2.45, 2.75) is 70.8 Å². The van der Waals surface area contributed by atoms with Crippen LogP contribution in [0.5, 0.6) is 0 Å². The van der Waals surface area contributed by atoms with E-state index in [0.29, 0.717) is 5.11 Å². The SMILES string of the molecule is CC1(C2(C3(C)CCCC3)NC(=S)N(N)C2=O)CCCC1. The lowest BCUT2D eigenvalue weighted by Gasteiger charge is -2.52. The average molecular weight is 295 g/mol. The Kier molecular flexibility index (Phi) is 3.14. The van der Waals surface area contributed by atoms with Gasteiger partial charge in [-0.25, -0.2) is 10.9 Å². The Balaban J connectivity index is 2.13. The lowest BCUT2D eigenvalue weighted by atomic mass is 9.55. The molecule has 1 aliphatic heterocycles. The molecule has 0 unspecified atom stereocenters. The normalized spacial score (nSPS) is 30.9. The highest BCUT2D eigenvalue weighted by Crippen LogP contribution is 2.60. The van der Waals surface area contributed by atoms with Crippen molar-refractivity contribution in [3.05, 3.63) is 0 Å². The van der Waals surface area contributed by atoms with E-state index in [1.807, 2.05) is 0 Å². The zero-order valence-corrected chi connectivity index (χ0v) is 13.3. The molecule has 2 aliphatic carbocycles.